The number of aryl methyl sites for hydroxylation is 2. The fourth-order valence-electron chi connectivity index (χ4n) is 7.91. The van der Waals surface area contributed by atoms with Gasteiger partial charge in [0.25, 0.3) is 5.56 Å². The molecule has 0 amide bonds. The normalized spacial score (nSPS) is 28.4. The zero-order valence-electron chi connectivity index (χ0n) is 26.4. The fraction of sp³-hybridized carbons (Fsp3) is 0.543. The van der Waals surface area contributed by atoms with Gasteiger partial charge in [-0.15, -0.1) is 0 Å². The van der Waals surface area contributed by atoms with Crippen LogP contribution in [0.3, 0.4) is 0 Å². The van der Waals surface area contributed by atoms with E-state index in [1.54, 1.807) is 16.7 Å². The first-order chi connectivity index (χ1) is 20.5. The Kier molecular flexibility index (Phi) is 8.01. The van der Waals surface area contributed by atoms with E-state index in [1.165, 1.54) is 19.6 Å². The highest BCUT2D eigenvalue weighted by molar-refractivity contribution is 5.96. The van der Waals surface area contributed by atoms with Gasteiger partial charge >= 0.3 is 0 Å². The van der Waals surface area contributed by atoms with Gasteiger partial charge in [-0.05, 0) is 97.6 Å². The Hall–Kier alpha value is -3.39. The number of nitrogens with zero attached hydrogens (tertiary/aromatic N) is 3. The molecule has 1 saturated heterocycles. The molecule has 1 aliphatic heterocycles. The highest BCUT2D eigenvalue weighted by atomic mass is 19.1. The van der Waals surface area contributed by atoms with E-state index in [9.17, 15) is 9.18 Å². The molecule has 3 saturated carbocycles. The van der Waals surface area contributed by atoms with Gasteiger partial charge in [-0.2, -0.15) is 0 Å². The Bertz CT molecular complexity index is 1570. The molecule has 1 aromatic heterocycles. The van der Waals surface area contributed by atoms with E-state index in [-0.39, 0.29) is 11.4 Å². The summed E-state index contributed by atoms with van der Waals surface area (Å²) in [7, 11) is 1.52. The van der Waals surface area contributed by atoms with Gasteiger partial charge in [0.2, 0.25) is 0 Å². The molecule has 2 N–H and O–H groups in total. The van der Waals surface area contributed by atoms with Gasteiger partial charge in [-0.25, -0.2) is 9.38 Å². The van der Waals surface area contributed by atoms with Gasteiger partial charge in [-0.3, -0.25) is 4.79 Å². The summed E-state index contributed by atoms with van der Waals surface area (Å²) >= 11 is 0. The zero-order valence-corrected chi connectivity index (χ0v) is 26.4. The second-order valence-corrected chi connectivity index (χ2v) is 13.8. The maximum Gasteiger partial charge on any atom is 0.258 e. The molecular weight excluding hydrogens is 541 g/mol. The first kappa shape index (κ1) is 29.7. The van der Waals surface area contributed by atoms with E-state index in [0.717, 1.165) is 48.4 Å². The highest BCUT2D eigenvalue weighted by Gasteiger charge is 2.56. The molecule has 6 atom stereocenters. The van der Waals surface area contributed by atoms with Gasteiger partial charge in [0.1, 0.15) is 11.6 Å². The van der Waals surface area contributed by atoms with Crippen LogP contribution in [0.5, 0.6) is 5.75 Å². The number of anilines is 1. The van der Waals surface area contributed by atoms with Crippen LogP contribution >= 0.6 is 0 Å². The number of hydrogen-bond donors (Lipinski definition) is 2. The van der Waals surface area contributed by atoms with Crippen LogP contribution in [0.25, 0.3) is 10.8 Å². The number of fused-ring (bicyclic) bond motifs is 3. The Labute approximate surface area is 254 Å². The second kappa shape index (κ2) is 11.6. The van der Waals surface area contributed by atoms with Crippen molar-refractivity contribution < 1.29 is 9.13 Å². The van der Waals surface area contributed by atoms with Crippen molar-refractivity contribution in [1.82, 2.24) is 14.8 Å². The minimum atomic E-state index is -0.321. The Morgan fingerprint density at radius 3 is 2.53 bits per heavy atom. The van der Waals surface area contributed by atoms with Crippen LogP contribution in [0.1, 0.15) is 53.0 Å². The molecule has 7 rings (SSSR count). The van der Waals surface area contributed by atoms with E-state index < -0.39 is 0 Å². The number of aromatic nitrogens is 1. The molecule has 8 heteroatoms. The predicted octanol–water partition coefficient (Wildman–Crippen LogP) is 5.91. The Balaban J connectivity index is 1.23. The number of benzene rings is 2. The Morgan fingerprint density at radius 1 is 1.09 bits per heavy atom. The first-order valence-electron chi connectivity index (χ1n) is 15.8. The van der Waals surface area contributed by atoms with Crippen LogP contribution in [0.2, 0.25) is 0 Å². The lowest BCUT2D eigenvalue weighted by Crippen LogP contribution is -2.59. The number of aliphatic imine (C=N–C) groups is 1. The minimum Gasteiger partial charge on any atom is -0.497 e. The molecule has 7 nitrogen and oxygen atoms in total. The van der Waals surface area contributed by atoms with Crippen molar-refractivity contribution in [3.8, 4) is 5.75 Å². The van der Waals surface area contributed by atoms with E-state index in [4.69, 9.17) is 9.73 Å². The number of rotatable bonds is 6. The van der Waals surface area contributed by atoms with Gasteiger partial charge in [0.05, 0.1) is 13.2 Å². The third kappa shape index (κ3) is 5.78. The average molecular weight is 588 g/mol. The lowest BCUT2D eigenvalue weighted by Gasteiger charge is -2.61. The van der Waals surface area contributed by atoms with Gasteiger partial charge in [0, 0.05) is 55.1 Å². The van der Waals surface area contributed by atoms with Gasteiger partial charge in [-0.1, -0.05) is 26.8 Å². The average Bonchev–Trinajstić information content (AvgIpc) is 2.97. The lowest BCUT2D eigenvalue weighted by molar-refractivity contribution is -0.108. The van der Waals surface area contributed by atoms with Crippen molar-refractivity contribution in [3.63, 3.8) is 0 Å². The second-order valence-electron chi connectivity index (χ2n) is 13.8. The van der Waals surface area contributed by atoms with Crippen molar-refractivity contribution in [2.45, 2.75) is 78.6 Å². The predicted molar refractivity (Wildman–Crippen MR) is 173 cm³/mol. The van der Waals surface area contributed by atoms with Crippen molar-refractivity contribution in [2.24, 2.45) is 28.2 Å². The zero-order chi connectivity index (χ0) is 30.5. The summed E-state index contributed by atoms with van der Waals surface area (Å²) in [5.41, 5.74) is 1.83. The molecule has 2 aromatic carbocycles. The lowest BCUT2D eigenvalue weighted by atomic mass is 9.45. The fourth-order valence-corrected chi connectivity index (χ4v) is 7.91. The molecule has 43 heavy (non-hydrogen) atoms. The van der Waals surface area contributed by atoms with E-state index in [0.29, 0.717) is 59.1 Å². The van der Waals surface area contributed by atoms with Crippen LogP contribution in [0.15, 0.2) is 58.4 Å². The molecule has 3 aliphatic carbocycles. The summed E-state index contributed by atoms with van der Waals surface area (Å²) in [5, 5.41) is 8.85. The summed E-state index contributed by atoms with van der Waals surface area (Å²) in [6.07, 6.45) is 4.70. The summed E-state index contributed by atoms with van der Waals surface area (Å²) in [6.45, 7) is 13.9. The third-order valence-electron chi connectivity index (χ3n) is 10.6. The molecule has 0 spiro atoms. The molecule has 3 aromatic rings. The first-order valence-corrected chi connectivity index (χ1v) is 15.8. The number of halogens is 1. The van der Waals surface area contributed by atoms with Crippen molar-refractivity contribution >= 4 is 22.4 Å². The highest BCUT2D eigenvalue weighted by Crippen LogP contribution is 2.61. The molecule has 2 bridgehead atoms. The summed E-state index contributed by atoms with van der Waals surface area (Å²) in [5.74, 6) is 3.12. The van der Waals surface area contributed by atoms with E-state index in [2.05, 4.69) is 50.2 Å². The van der Waals surface area contributed by atoms with Gasteiger partial charge < -0.3 is 24.8 Å². The summed E-state index contributed by atoms with van der Waals surface area (Å²) in [6, 6.07) is 13.8. The van der Waals surface area contributed by atoms with Crippen LogP contribution in [0.4, 0.5) is 10.1 Å². The van der Waals surface area contributed by atoms with Crippen molar-refractivity contribution in [2.75, 3.05) is 25.5 Å². The smallest absolute Gasteiger partial charge is 0.258 e. The number of pyridine rings is 1. The van der Waals surface area contributed by atoms with Crippen LogP contribution in [0, 0.1) is 29.0 Å². The largest absolute Gasteiger partial charge is 0.497 e. The molecule has 230 valence electrons. The number of hydrogen-bond acceptors (Lipinski definition) is 4. The monoisotopic (exact) mass is 587 g/mol. The van der Waals surface area contributed by atoms with E-state index >= 15 is 0 Å². The molecule has 6 unspecified atom stereocenters. The molecule has 4 fully saturated rings. The van der Waals surface area contributed by atoms with Crippen molar-refractivity contribution in [1.29, 1.82) is 0 Å². The van der Waals surface area contributed by atoms with Crippen molar-refractivity contribution in [3.05, 3.63) is 70.4 Å². The molecule has 0 radical (unpaired) electrons. The number of piperazine rings is 1. The number of guanidine groups is 1. The van der Waals surface area contributed by atoms with Crippen LogP contribution in [-0.2, 0) is 13.0 Å². The molecule has 4 aliphatic rings. The SMILES string of the molecule is COc1ccc(CCn2ccc3cc(NC(=NC4CC5CC(C4C)C5(C)C)N4CC(C)NC(C)C4)ccc3c2=O)c(F)c1. The maximum atomic E-state index is 14.5. The number of ether oxygens (including phenoxy) is 1. The van der Waals surface area contributed by atoms with Gasteiger partial charge in [0.15, 0.2) is 5.96 Å². The van der Waals surface area contributed by atoms with E-state index in [1.807, 2.05) is 30.5 Å². The number of nitrogens with one attached hydrogen (secondary N) is 2. The topological polar surface area (TPSA) is 70.9 Å². The maximum absolute atomic E-state index is 14.5. The van der Waals surface area contributed by atoms with Crippen LogP contribution < -0.4 is 20.9 Å². The summed E-state index contributed by atoms with van der Waals surface area (Å²) in [4.78, 5) is 21.2. The quantitative estimate of drug-likeness (QED) is 0.277. The molecular formula is C35H46FN5O2. The van der Waals surface area contributed by atoms with Crippen LogP contribution in [-0.4, -0.2) is 53.8 Å². The summed E-state index contributed by atoms with van der Waals surface area (Å²) < 4.78 is 21.2. The third-order valence-corrected chi connectivity index (χ3v) is 10.6. The number of methoxy groups -OCH3 is 1. The minimum absolute atomic E-state index is 0.0746. The Morgan fingerprint density at radius 2 is 1.86 bits per heavy atom. The standard InChI is InChI=1S/C35H46FN5O2/c1-21-19-41(20-22(2)37-21)34(39-32-17-26-16-30(23(32)3)35(26,4)5)38-27-8-10-29-25(15-27)12-14-40(33(29)42)13-11-24-7-9-28(43-6)18-31(24)36/h7-10,12,14-15,18,21-23,26,30,32,37H,11,13,16-17,19-20H2,1-6H3,(H,38,39). The molecule has 2 heterocycles.